The van der Waals surface area contributed by atoms with E-state index in [-0.39, 0.29) is 12.8 Å². The molecule has 1 saturated heterocycles. The number of carbonyl (C=O) groups is 2. The molecule has 0 radical (unpaired) electrons. The number of unbranched alkanes of at least 4 members (excludes halogenated alkanes) is 4. The fourth-order valence-electron chi connectivity index (χ4n) is 4.74. The molecule has 2 rings (SSSR count). The summed E-state index contributed by atoms with van der Waals surface area (Å²) in [6.45, 7) is 5.23. The molecule has 0 saturated carbocycles. The summed E-state index contributed by atoms with van der Waals surface area (Å²) in [6, 6.07) is 6.06. The number of likely N-dealkylation sites (N-methyl/N-ethyl adjacent to an activating group) is 1. The Morgan fingerprint density at radius 2 is 1.50 bits per heavy atom. The first-order valence-electron chi connectivity index (χ1n) is 12.9. The van der Waals surface area contributed by atoms with E-state index in [0.717, 1.165) is 11.3 Å². The van der Waals surface area contributed by atoms with Gasteiger partial charge in [0, 0.05) is 19.4 Å². The van der Waals surface area contributed by atoms with Crippen LogP contribution in [0, 0.1) is 5.92 Å². The second-order valence-electron chi connectivity index (χ2n) is 10.1. The topological polar surface area (TPSA) is 40.6 Å². The van der Waals surface area contributed by atoms with E-state index in [2.05, 4.69) is 6.58 Å². The number of imide groups is 1. The highest BCUT2D eigenvalue weighted by Crippen LogP contribution is 2.54. The van der Waals surface area contributed by atoms with Crippen molar-refractivity contribution in [2.75, 3.05) is 7.05 Å². The Balaban J connectivity index is 2.35. The van der Waals surface area contributed by atoms with Crippen LogP contribution < -0.4 is 0 Å². The summed E-state index contributed by atoms with van der Waals surface area (Å²) < 4.78 is 121. The fraction of sp³-hybridized carbons (Fsp3) is 0.630. The third kappa shape index (κ3) is 6.76. The van der Waals surface area contributed by atoms with Gasteiger partial charge in [-0.3, -0.25) is 9.69 Å². The van der Waals surface area contributed by atoms with Crippen molar-refractivity contribution in [2.45, 2.75) is 94.3 Å². The van der Waals surface area contributed by atoms with Gasteiger partial charge in [-0.15, -0.1) is 6.58 Å². The number of benzene rings is 1. The molecule has 3 atom stereocenters. The maximum atomic E-state index is 14.4. The molecule has 0 aliphatic carbocycles. The van der Waals surface area contributed by atoms with Gasteiger partial charge in [-0.2, -0.15) is 39.5 Å². The van der Waals surface area contributed by atoms with Gasteiger partial charge in [0.25, 0.3) is 0 Å². The second-order valence-corrected chi connectivity index (χ2v) is 10.1. The number of hydrogen-bond donors (Lipinski definition) is 0. The molecule has 4 nitrogen and oxygen atoms in total. The molecule has 226 valence electrons. The minimum absolute atomic E-state index is 0.159. The van der Waals surface area contributed by atoms with E-state index in [1.807, 2.05) is 0 Å². The van der Waals surface area contributed by atoms with Crippen LogP contribution >= 0.6 is 0 Å². The zero-order valence-corrected chi connectivity index (χ0v) is 22.2. The Bertz CT molecular complexity index is 1020. The van der Waals surface area contributed by atoms with Crippen LogP contribution in [0.4, 0.5) is 44.3 Å². The average Bonchev–Trinajstić information content (AvgIpc) is 3.10. The van der Waals surface area contributed by atoms with Crippen LogP contribution in [0.2, 0.25) is 0 Å². The molecule has 0 aromatic heterocycles. The third-order valence-electron chi connectivity index (χ3n) is 7.31. The van der Waals surface area contributed by atoms with Crippen LogP contribution in [0.5, 0.6) is 0 Å². The van der Waals surface area contributed by atoms with Crippen LogP contribution in [-0.4, -0.2) is 58.8 Å². The molecule has 0 bridgehead atoms. The van der Waals surface area contributed by atoms with Crippen LogP contribution in [-0.2, 0) is 4.79 Å². The van der Waals surface area contributed by atoms with Crippen molar-refractivity contribution in [1.29, 1.82) is 0 Å². The summed E-state index contributed by atoms with van der Waals surface area (Å²) in [5.74, 6) is -22.1. The van der Waals surface area contributed by atoms with Gasteiger partial charge >= 0.3 is 30.0 Å². The molecular weight excluding hydrogens is 555 g/mol. The molecule has 1 unspecified atom stereocenters. The minimum Gasteiger partial charge on any atom is -0.322 e. The lowest BCUT2D eigenvalue weighted by Crippen LogP contribution is -2.60. The molecule has 1 aromatic carbocycles. The van der Waals surface area contributed by atoms with E-state index in [0.29, 0.717) is 24.8 Å². The van der Waals surface area contributed by atoms with Gasteiger partial charge in [0.15, 0.2) is 0 Å². The average molecular weight is 589 g/mol. The van der Waals surface area contributed by atoms with Gasteiger partial charge in [-0.05, 0) is 38.2 Å². The predicted molar refractivity (Wildman–Crippen MR) is 130 cm³/mol. The van der Waals surface area contributed by atoms with Crippen molar-refractivity contribution in [3.63, 3.8) is 0 Å². The lowest BCUT2D eigenvalue weighted by atomic mass is 9.89. The summed E-state index contributed by atoms with van der Waals surface area (Å²) >= 11 is 0. The molecule has 1 aromatic rings. The van der Waals surface area contributed by atoms with Crippen LogP contribution in [0.15, 0.2) is 43.0 Å². The monoisotopic (exact) mass is 588 g/mol. The maximum Gasteiger partial charge on any atom is 0.460 e. The number of rotatable bonds is 14. The first-order chi connectivity index (χ1) is 18.4. The van der Waals surface area contributed by atoms with Crippen LogP contribution in [0.25, 0.3) is 0 Å². The fourth-order valence-corrected chi connectivity index (χ4v) is 4.74. The van der Waals surface area contributed by atoms with Crippen molar-refractivity contribution in [3.05, 3.63) is 48.6 Å². The molecule has 1 heterocycles. The third-order valence-corrected chi connectivity index (χ3v) is 7.31. The van der Waals surface area contributed by atoms with Gasteiger partial charge in [0.1, 0.15) is 0 Å². The Labute approximate surface area is 227 Å². The largest absolute Gasteiger partial charge is 0.460 e. The molecule has 0 spiro atoms. The summed E-state index contributed by atoms with van der Waals surface area (Å²) in [7, 11) is 1.42. The lowest BCUT2D eigenvalue weighted by molar-refractivity contribution is -0.396. The lowest BCUT2D eigenvalue weighted by Gasteiger charge is -2.34. The molecule has 3 amide bonds. The van der Waals surface area contributed by atoms with E-state index < -0.39 is 66.7 Å². The molecular formula is C27H33F9N2O2. The van der Waals surface area contributed by atoms with E-state index in [1.54, 1.807) is 43.3 Å². The van der Waals surface area contributed by atoms with Crippen molar-refractivity contribution < 1.29 is 49.1 Å². The Morgan fingerprint density at radius 3 is 2.05 bits per heavy atom. The Morgan fingerprint density at radius 1 is 0.925 bits per heavy atom. The number of urea groups is 1. The maximum absolute atomic E-state index is 14.4. The number of amides is 3. The quantitative estimate of drug-likeness (QED) is 0.124. The molecule has 0 N–H and O–H groups in total. The molecule has 1 fully saturated rings. The van der Waals surface area contributed by atoms with Crippen molar-refractivity contribution in [3.8, 4) is 0 Å². The number of carbonyl (C=O) groups excluding carboxylic acids is 2. The number of allylic oxidation sites excluding steroid dienone is 1. The highest BCUT2D eigenvalue weighted by molar-refractivity contribution is 5.98. The minimum atomic E-state index is -7.00. The highest BCUT2D eigenvalue weighted by atomic mass is 19.4. The molecule has 1 aliphatic heterocycles. The van der Waals surface area contributed by atoms with Gasteiger partial charge in [0.2, 0.25) is 5.91 Å². The van der Waals surface area contributed by atoms with Crippen LogP contribution in [0.3, 0.4) is 0 Å². The van der Waals surface area contributed by atoms with Crippen molar-refractivity contribution in [2.24, 2.45) is 5.92 Å². The Kier molecular flexibility index (Phi) is 10.7. The molecule has 40 heavy (non-hydrogen) atoms. The van der Waals surface area contributed by atoms with Gasteiger partial charge in [-0.1, -0.05) is 55.7 Å². The number of halogens is 9. The smallest absolute Gasteiger partial charge is 0.322 e. The zero-order chi connectivity index (χ0) is 30.5. The zero-order valence-electron chi connectivity index (χ0n) is 22.2. The van der Waals surface area contributed by atoms with E-state index >= 15 is 0 Å². The molecule has 1 aliphatic rings. The van der Waals surface area contributed by atoms with Gasteiger partial charge < -0.3 is 4.90 Å². The SMILES string of the molecule is C=CCCCCCC[C@H](CCC(F)(F)C(F)(F)C(F)(F)C(F)(F)F)C(=O)N1C(=O)N(C)[C@@H](C)C1c1ccccc1. The second kappa shape index (κ2) is 12.8. The number of hydrogen-bond acceptors (Lipinski definition) is 2. The summed E-state index contributed by atoms with van der Waals surface area (Å²) in [5.41, 5.74) is 0.533. The van der Waals surface area contributed by atoms with E-state index in [9.17, 15) is 49.1 Å². The van der Waals surface area contributed by atoms with Gasteiger partial charge in [0.05, 0.1) is 12.1 Å². The summed E-state index contributed by atoms with van der Waals surface area (Å²) in [6.07, 6.45) is -5.81. The van der Waals surface area contributed by atoms with Crippen molar-refractivity contribution in [1.82, 2.24) is 9.80 Å². The van der Waals surface area contributed by atoms with Crippen molar-refractivity contribution >= 4 is 11.9 Å². The molecule has 13 heteroatoms. The highest BCUT2D eigenvalue weighted by Gasteiger charge is 2.81. The van der Waals surface area contributed by atoms with E-state index in [1.165, 1.54) is 11.9 Å². The number of nitrogens with zero attached hydrogens (tertiary/aromatic N) is 2. The number of alkyl halides is 9. The summed E-state index contributed by atoms with van der Waals surface area (Å²) in [5, 5.41) is 0. The predicted octanol–water partition coefficient (Wildman–Crippen LogP) is 8.40. The van der Waals surface area contributed by atoms with Crippen LogP contribution in [0.1, 0.15) is 69.9 Å². The standard InChI is InChI=1S/C27H33F9N2O2/c1-4-5-6-7-8-10-15-20(16-17-24(28,29)25(30,31)26(32,33)27(34,35)36)22(39)38-21(18(2)37(3)23(38)40)19-13-11-9-12-14-19/h4,9,11-14,18,20-21H,1,5-8,10,15-17H2,2-3H3/t18-,20+,21?/m0/s1. The Hall–Kier alpha value is -2.73. The van der Waals surface area contributed by atoms with E-state index in [4.69, 9.17) is 0 Å². The van der Waals surface area contributed by atoms with Gasteiger partial charge in [-0.25, -0.2) is 4.79 Å². The first-order valence-corrected chi connectivity index (χ1v) is 12.9. The summed E-state index contributed by atoms with van der Waals surface area (Å²) in [4.78, 5) is 28.7. The first kappa shape index (κ1) is 33.5. The normalized spacial score (nSPS) is 19.7.